The van der Waals surface area contributed by atoms with Gasteiger partial charge in [-0.15, -0.1) is 24.0 Å². The number of hydrogen-bond acceptors (Lipinski definition) is 5. The van der Waals surface area contributed by atoms with Crippen LogP contribution in [0, 0.1) is 0 Å². The first-order chi connectivity index (χ1) is 13.6. The highest BCUT2D eigenvalue weighted by Crippen LogP contribution is 2.29. The first-order valence-electron chi connectivity index (χ1n) is 9.46. The van der Waals surface area contributed by atoms with Crippen molar-refractivity contribution in [3.63, 3.8) is 0 Å². The van der Waals surface area contributed by atoms with Crippen LogP contribution in [0.3, 0.4) is 0 Å². The molecule has 1 atom stereocenters. The van der Waals surface area contributed by atoms with Crippen molar-refractivity contribution in [2.75, 3.05) is 40.0 Å². The average Bonchev–Trinajstić information content (AvgIpc) is 3.19. The molecule has 2 rings (SSSR count). The monoisotopic (exact) mass is 529 g/mol. The van der Waals surface area contributed by atoms with Gasteiger partial charge < -0.3 is 29.6 Å². The molecule has 1 unspecified atom stereocenters. The zero-order valence-electron chi connectivity index (χ0n) is 16.8. The summed E-state index contributed by atoms with van der Waals surface area (Å²) in [5, 5.41) is 6.40. The minimum absolute atomic E-state index is 0. The molecule has 0 saturated carbocycles. The zero-order valence-corrected chi connectivity index (χ0v) is 19.1. The Hall–Kier alpha value is -1.40. The van der Waals surface area contributed by atoms with Crippen molar-refractivity contribution in [2.45, 2.75) is 39.0 Å². The molecule has 1 aromatic rings. The molecule has 0 bridgehead atoms. The standard InChI is InChI=1S/C19H29F2N3O4.HI/c1-3-26-17-11-14(5-6-16(17)28-18(20)21)12-24-19(22-2)23-8-4-9-27-15-7-10-25-13-15;/h5-6,11,15,18H,3-4,7-10,12-13H2,1-2H3,(H2,22,23,24);1H. The van der Waals surface area contributed by atoms with Crippen molar-refractivity contribution < 1.29 is 27.7 Å². The highest BCUT2D eigenvalue weighted by molar-refractivity contribution is 14.0. The van der Waals surface area contributed by atoms with E-state index in [1.165, 1.54) is 6.07 Å². The van der Waals surface area contributed by atoms with Gasteiger partial charge in [-0.1, -0.05) is 6.07 Å². The maximum Gasteiger partial charge on any atom is 0.387 e. The minimum Gasteiger partial charge on any atom is -0.490 e. The molecule has 0 amide bonds. The lowest BCUT2D eigenvalue weighted by molar-refractivity contribution is -0.0514. The van der Waals surface area contributed by atoms with Crippen LogP contribution in [0.15, 0.2) is 23.2 Å². The fourth-order valence-corrected chi connectivity index (χ4v) is 2.70. The van der Waals surface area contributed by atoms with Crippen LogP contribution < -0.4 is 20.1 Å². The van der Waals surface area contributed by atoms with Gasteiger partial charge in [-0.25, -0.2) is 0 Å². The van der Waals surface area contributed by atoms with Gasteiger partial charge in [-0.2, -0.15) is 8.78 Å². The third kappa shape index (κ3) is 9.77. The SMILES string of the molecule is CCOc1cc(CNC(=NC)NCCCOC2CCOC2)ccc1OC(F)F.I. The summed E-state index contributed by atoms with van der Waals surface area (Å²) in [5.74, 6) is 0.962. The Morgan fingerprint density at radius 1 is 1.31 bits per heavy atom. The Labute approximate surface area is 187 Å². The number of alkyl halides is 2. The Bertz CT molecular complexity index is 617. The molecule has 0 aromatic heterocycles. The highest BCUT2D eigenvalue weighted by atomic mass is 127. The van der Waals surface area contributed by atoms with Crippen molar-refractivity contribution in [1.82, 2.24) is 10.6 Å². The van der Waals surface area contributed by atoms with Crippen molar-refractivity contribution in [1.29, 1.82) is 0 Å². The Morgan fingerprint density at radius 3 is 2.79 bits per heavy atom. The summed E-state index contributed by atoms with van der Waals surface area (Å²) >= 11 is 0. The van der Waals surface area contributed by atoms with Gasteiger partial charge in [0.15, 0.2) is 17.5 Å². The molecule has 10 heteroatoms. The average molecular weight is 529 g/mol. The summed E-state index contributed by atoms with van der Waals surface area (Å²) in [5.41, 5.74) is 0.859. The third-order valence-electron chi connectivity index (χ3n) is 4.06. The van der Waals surface area contributed by atoms with E-state index in [0.29, 0.717) is 32.3 Å². The maximum atomic E-state index is 12.5. The van der Waals surface area contributed by atoms with E-state index in [1.54, 1.807) is 26.1 Å². The van der Waals surface area contributed by atoms with Gasteiger partial charge in [0.1, 0.15) is 0 Å². The molecule has 1 heterocycles. The van der Waals surface area contributed by atoms with Crippen molar-refractivity contribution >= 4 is 29.9 Å². The summed E-state index contributed by atoms with van der Waals surface area (Å²) in [6.45, 7) is 2.56. The van der Waals surface area contributed by atoms with E-state index in [-0.39, 0.29) is 41.6 Å². The first kappa shape index (κ1) is 25.6. The lowest BCUT2D eigenvalue weighted by Crippen LogP contribution is -2.37. The summed E-state index contributed by atoms with van der Waals surface area (Å²) in [4.78, 5) is 4.17. The molecule has 0 radical (unpaired) electrons. The topological polar surface area (TPSA) is 73.3 Å². The fourth-order valence-electron chi connectivity index (χ4n) is 2.70. The van der Waals surface area contributed by atoms with Crippen LogP contribution in [-0.2, 0) is 16.0 Å². The molecule has 166 valence electrons. The number of rotatable bonds is 11. The molecule has 1 aliphatic rings. The number of nitrogens with one attached hydrogen (secondary N) is 2. The largest absolute Gasteiger partial charge is 0.490 e. The molecular weight excluding hydrogens is 499 g/mol. The molecule has 29 heavy (non-hydrogen) atoms. The molecule has 1 aromatic carbocycles. The second-order valence-electron chi connectivity index (χ2n) is 6.16. The molecule has 2 N–H and O–H groups in total. The van der Waals surface area contributed by atoms with Gasteiger partial charge in [0.25, 0.3) is 0 Å². The predicted molar refractivity (Wildman–Crippen MR) is 118 cm³/mol. The molecule has 1 aliphatic heterocycles. The van der Waals surface area contributed by atoms with E-state index in [0.717, 1.165) is 31.6 Å². The molecule has 1 saturated heterocycles. The van der Waals surface area contributed by atoms with E-state index in [1.807, 2.05) is 0 Å². The zero-order chi connectivity index (χ0) is 20.2. The highest BCUT2D eigenvalue weighted by Gasteiger charge is 2.15. The van der Waals surface area contributed by atoms with Gasteiger partial charge in [0.05, 0.1) is 19.3 Å². The fraction of sp³-hybridized carbons (Fsp3) is 0.632. The van der Waals surface area contributed by atoms with E-state index in [4.69, 9.17) is 14.2 Å². The number of nitrogens with zero attached hydrogens (tertiary/aromatic N) is 1. The Kier molecular flexibility index (Phi) is 12.9. The summed E-state index contributed by atoms with van der Waals surface area (Å²) < 4.78 is 45.8. The van der Waals surface area contributed by atoms with Crippen LogP contribution in [0.25, 0.3) is 0 Å². The lowest BCUT2D eigenvalue weighted by Gasteiger charge is -2.15. The van der Waals surface area contributed by atoms with Gasteiger partial charge in [-0.3, -0.25) is 4.99 Å². The number of halogens is 3. The van der Waals surface area contributed by atoms with E-state index in [9.17, 15) is 8.78 Å². The summed E-state index contributed by atoms with van der Waals surface area (Å²) in [6.07, 6.45) is 2.03. The summed E-state index contributed by atoms with van der Waals surface area (Å²) in [7, 11) is 1.69. The minimum atomic E-state index is -2.89. The van der Waals surface area contributed by atoms with E-state index < -0.39 is 6.61 Å². The van der Waals surface area contributed by atoms with Gasteiger partial charge >= 0.3 is 6.61 Å². The van der Waals surface area contributed by atoms with Crippen LogP contribution in [0.4, 0.5) is 8.78 Å². The smallest absolute Gasteiger partial charge is 0.387 e. The van der Waals surface area contributed by atoms with Gasteiger partial charge in [0, 0.05) is 33.4 Å². The van der Waals surface area contributed by atoms with Gasteiger partial charge in [-0.05, 0) is 37.5 Å². The first-order valence-corrected chi connectivity index (χ1v) is 9.46. The molecular formula is C19H30F2IN3O4. The second kappa shape index (κ2) is 14.6. The maximum absolute atomic E-state index is 12.5. The van der Waals surface area contributed by atoms with Crippen LogP contribution in [-0.4, -0.2) is 58.7 Å². The normalized spacial score (nSPS) is 16.4. The van der Waals surface area contributed by atoms with Crippen LogP contribution in [0.1, 0.15) is 25.3 Å². The van der Waals surface area contributed by atoms with E-state index >= 15 is 0 Å². The second-order valence-corrected chi connectivity index (χ2v) is 6.16. The number of hydrogen-bond donors (Lipinski definition) is 2. The quantitative estimate of drug-likeness (QED) is 0.199. The Morgan fingerprint density at radius 2 is 2.14 bits per heavy atom. The molecule has 0 spiro atoms. The summed E-state index contributed by atoms with van der Waals surface area (Å²) in [6, 6.07) is 4.87. The number of aliphatic imine (C=N–C) groups is 1. The van der Waals surface area contributed by atoms with Crippen molar-refractivity contribution in [3.8, 4) is 11.5 Å². The van der Waals surface area contributed by atoms with E-state index in [2.05, 4.69) is 20.4 Å². The number of ether oxygens (including phenoxy) is 4. The van der Waals surface area contributed by atoms with Crippen LogP contribution >= 0.6 is 24.0 Å². The molecule has 7 nitrogen and oxygen atoms in total. The van der Waals surface area contributed by atoms with Crippen molar-refractivity contribution in [3.05, 3.63) is 23.8 Å². The predicted octanol–water partition coefficient (Wildman–Crippen LogP) is 3.17. The van der Waals surface area contributed by atoms with Gasteiger partial charge in [0.2, 0.25) is 0 Å². The molecule has 1 fully saturated rings. The van der Waals surface area contributed by atoms with Crippen LogP contribution in [0.2, 0.25) is 0 Å². The number of guanidine groups is 1. The number of benzene rings is 1. The van der Waals surface area contributed by atoms with Crippen LogP contribution in [0.5, 0.6) is 11.5 Å². The molecule has 0 aliphatic carbocycles. The third-order valence-corrected chi connectivity index (χ3v) is 4.06. The van der Waals surface area contributed by atoms with Crippen molar-refractivity contribution in [2.24, 2.45) is 4.99 Å². The lowest BCUT2D eigenvalue weighted by atomic mass is 10.2. The Balaban J connectivity index is 0.00000420.